The van der Waals surface area contributed by atoms with Crippen LogP contribution in [0.1, 0.15) is 65.2 Å². The molecule has 2 aliphatic rings. The molecule has 2 fully saturated rings. The maximum Gasteiger partial charge on any atom is -0.0233 e. The molecule has 92 valence electrons. The van der Waals surface area contributed by atoms with Gasteiger partial charge in [0.25, 0.3) is 0 Å². The zero-order valence-electron chi connectivity index (χ0n) is 11.1. The van der Waals surface area contributed by atoms with Crippen molar-refractivity contribution >= 4 is 0 Å². The molecule has 16 heavy (non-hydrogen) atoms. The van der Waals surface area contributed by atoms with Crippen LogP contribution in [0.2, 0.25) is 0 Å². The molecule has 0 N–H and O–H groups in total. The van der Waals surface area contributed by atoms with Gasteiger partial charge in [-0.2, -0.15) is 0 Å². The van der Waals surface area contributed by atoms with Crippen molar-refractivity contribution in [2.24, 2.45) is 23.7 Å². The summed E-state index contributed by atoms with van der Waals surface area (Å²) in [6.45, 7) is 4.81. The summed E-state index contributed by atoms with van der Waals surface area (Å²) in [5.74, 6) is 3.80. The summed E-state index contributed by atoms with van der Waals surface area (Å²) in [5.41, 5.74) is 0. The van der Waals surface area contributed by atoms with Crippen LogP contribution < -0.4 is 0 Å². The summed E-state index contributed by atoms with van der Waals surface area (Å²) >= 11 is 0. The smallest absolute Gasteiger partial charge is 0.0233 e. The summed E-state index contributed by atoms with van der Waals surface area (Å²) in [5, 5.41) is 0. The van der Waals surface area contributed by atoms with E-state index in [1.807, 2.05) is 0 Å². The highest BCUT2D eigenvalue weighted by molar-refractivity contribution is 4.95. The van der Waals surface area contributed by atoms with Crippen molar-refractivity contribution < 1.29 is 0 Å². The Balaban J connectivity index is 1.72. The van der Waals surface area contributed by atoms with Crippen LogP contribution in [0.15, 0.2) is 12.2 Å². The van der Waals surface area contributed by atoms with Crippen LogP contribution in [0.5, 0.6) is 0 Å². The van der Waals surface area contributed by atoms with E-state index in [1.165, 1.54) is 51.4 Å². The Morgan fingerprint density at radius 2 is 0.875 bits per heavy atom. The van der Waals surface area contributed by atoms with Crippen molar-refractivity contribution in [1.29, 1.82) is 0 Å². The third-order valence-corrected chi connectivity index (χ3v) is 4.78. The number of hydrogen-bond acceptors (Lipinski definition) is 0. The van der Waals surface area contributed by atoms with E-state index in [1.54, 1.807) is 0 Å². The van der Waals surface area contributed by atoms with Crippen molar-refractivity contribution in [3.8, 4) is 0 Å². The second-order valence-corrected chi connectivity index (χ2v) is 6.42. The lowest BCUT2D eigenvalue weighted by atomic mass is 9.80. The lowest BCUT2D eigenvalue weighted by Gasteiger charge is -2.26. The van der Waals surface area contributed by atoms with E-state index in [-0.39, 0.29) is 0 Å². The first-order chi connectivity index (χ1) is 7.74. The Hall–Kier alpha value is -0.260. The van der Waals surface area contributed by atoms with E-state index >= 15 is 0 Å². The predicted octanol–water partition coefficient (Wildman–Crippen LogP) is 5.20. The van der Waals surface area contributed by atoms with E-state index in [4.69, 9.17) is 0 Å². The largest absolute Gasteiger partial charge is 0.0851 e. The summed E-state index contributed by atoms with van der Waals surface area (Å²) in [6.07, 6.45) is 16.7. The zero-order chi connectivity index (χ0) is 11.4. The van der Waals surface area contributed by atoms with Crippen LogP contribution in [0.25, 0.3) is 0 Å². The summed E-state index contributed by atoms with van der Waals surface area (Å²) in [7, 11) is 0. The lowest BCUT2D eigenvalue weighted by Crippen LogP contribution is -2.12. The third kappa shape index (κ3) is 3.64. The van der Waals surface area contributed by atoms with Gasteiger partial charge in [-0.25, -0.2) is 0 Å². The Morgan fingerprint density at radius 1 is 0.562 bits per heavy atom. The van der Waals surface area contributed by atoms with E-state index in [0.29, 0.717) is 0 Å². The van der Waals surface area contributed by atoms with E-state index in [9.17, 15) is 0 Å². The predicted molar refractivity (Wildman–Crippen MR) is 71.4 cm³/mol. The molecule has 0 saturated heterocycles. The molecule has 0 amide bonds. The van der Waals surface area contributed by atoms with Gasteiger partial charge in [0.05, 0.1) is 0 Å². The molecule has 0 radical (unpaired) electrons. The first kappa shape index (κ1) is 12.2. The minimum absolute atomic E-state index is 0.913. The number of allylic oxidation sites excluding steroid dienone is 2. The summed E-state index contributed by atoms with van der Waals surface area (Å²) in [6, 6.07) is 0. The standard InChI is InChI=1S/C16H28/c1-13-3-7-15(8-4-13)11-12-16-9-5-14(2)6-10-16/h11-16H,3-10H2,1-2H3. The Kier molecular flexibility index (Phi) is 4.49. The van der Waals surface area contributed by atoms with E-state index in [2.05, 4.69) is 26.0 Å². The van der Waals surface area contributed by atoms with Crippen LogP contribution in [0.4, 0.5) is 0 Å². The molecular weight excluding hydrogens is 192 g/mol. The van der Waals surface area contributed by atoms with Crippen molar-refractivity contribution in [2.75, 3.05) is 0 Å². The van der Waals surface area contributed by atoms with Gasteiger partial charge in [0.15, 0.2) is 0 Å². The monoisotopic (exact) mass is 220 g/mol. The van der Waals surface area contributed by atoms with Gasteiger partial charge in [-0.1, -0.05) is 51.7 Å². The SMILES string of the molecule is CC1CCC(C=CC2CCC(C)CC2)CC1. The highest BCUT2D eigenvalue weighted by Gasteiger charge is 2.18. The van der Waals surface area contributed by atoms with Crippen LogP contribution in [-0.2, 0) is 0 Å². The average Bonchev–Trinajstić information content (AvgIpc) is 2.30. The van der Waals surface area contributed by atoms with Crippen molar-refractivity contribution in [3.63, 3.8) is 0 Å². The fraction of sp³-hybridized carbons (Fsp3) is 0.875. The van der Waals surface area contributed by atoms with Crippen LogP contribution in [0, 0.1) is 23.7 Å². The quantitative estimate of drug-likeness (QED) is 0.561. The molecule has 0 aromatic heterocycles. The van der Waals surface area contributed by atoms with Gasteiger partial charge in [-0.05, 0) is 49.4 Å². The van der Waals surface area contributed by atoms with E-state index < -0.39 is 0 Å². The molecular formula is C16H28. The molecule has 0 atom stereocenters. The maximum absolute atomic E-state index is 2.56. The minimum Gasteiger partial charge on any atom is -0.0851 e. The summed E-state index contributed by atoms with van der Waals surface area (Å²) < 4.78 is 0. The average molecular weight is 220 g/mol. The van der Waals surface area contributed by atoms with Gasteiger partial charge in [-0.15, -0.1) is 0 Å². The van der Waals surface area contributed by atoms with Gasteiger partial charge in [0.1, 0.15) is 0 Å². The molecule has 2 aliphatic carbocycles. The molecule has 0 heterocycles. The fourth-order valence-corrected chi connectivity index (χ4v) is 3.27. The van der Waals surface area contributed by atoms with Crippen molar-refractivity contribution in [1.82, 2.24) is 0 Å². The molecule has 2 saturated carbocycles. The highest BCUT2D eigenvalue weighted by atomic mass is 14.2. The molecule has 0 unspecified atom stereocenters. The highest BCUT2D eigenvalue weighted by Crippen LogP contribution is 2.32. The second-order valence-electron chi connectivity index (χ2n) is 6.42. The van der Waals surface area contributed by atoms with Gasteiger partial charge in [-0.3, -0.25) is 0 Å². The van der Waals surface area contributed by atoms with Crippen LogP contribution in [0.3, 0.4) is 0 Å². The topological polar surface area (TPSA) is 0 Å². The van der Waals surface area contributed by atoms with Crippen LogP contribution >= 0.6 is 0 Å². The molecule has 0 aliphatic heterocycles. The molecule has 0 aromatic carbocycles. The Morgan fingerprint density at radius 3 is 1.19 bits per heavy atom. The molecule has 0 aromatic rings. The lowest BCUT2D eigenvalue weighted by molar-refractivity contribution is 0.318. The first-order valence-electron chi connectivity index (χ1n) is 7.42. The third-order valence-electron chi connectivity index (χ3n) is 4.78. The van der Waals surface area contributed by atoms with Crippen molar-refractivity contribution in [3.05, 3.63) is 12.2 Å². The molecule has 2 rings (SSSR count). The fourth-order valence-electron chi connectivity index (χ4n) is 3.27. The van der Waals surface area contributed by atoms with Gasteiger partial charge in [0.2, 0.25) is 0 Å². The zero-order valence-corrected chi connectivity index (χ0v) is 11.1. The van der Waals surface area contributed by atoms with Gasteiger partial charge in [0, 0.05) is 0 Å². The van der Waals surface area contributed by atoms with Crippen LogP contribution in [-0.4, -0.2) is 0 Å². The molecule has 0 heteroatoms. The molecule has 0 nitrogen and oxygen atoms in total. The first-order valence-corrected chi connectivity index (χ1v) is 7.42. The summed E-state index contributed by atoms with van der Waals surface area (Å²) in [4.78, 5) is 0. The minimum atomic E-state index is 0.913. The normalized spacial score (nSPS) is 41.4. The molecule has 0 bridgehead atoms. The van der Waals surface area contributed by atoms with Gasteiger partial charge >= 0.3 is 0 Å². The van der Waals surface area contributed by atoms with Crippen molar-refractivity contribution in [2.45, 2.75) is 65.2 Å². The molecule has 0 spiro atoms. The Bertz CT molecular complexity index is 188. The Labute approximate surface area is 102 Å². The van der Waals surface area contributed by atoms with E-state index in [0.717, 1.165) is 23.7 Å². The second kappa shape index (κ2) is 5.89. The van der Waals surface area contributed by atoms with Gasteiger partial charge < -0.3 is 0 Å². The number of hydrogen-bond donors (Lipinski definition) is 0. The number of rotatable bonds is 2. The maximum atomic E-state index is 2.56.